The van der Waals surface area contributed by atoms with Crippen LogP contribution < -0.4 is 5.32 Å². The highest BCUT2D eigenvalue weighted by Crippen LogP contribution is 2.50. The second kappa shape index (κ2) is 7.33. The molecular weight excluding hydrogens is 450 g/mol. The Morgan fingerprint density at radius 3 is 2.52 bits per heavy atom. The van der Waals surface area contributed by atoms with E-state index in [1.165, 1.54) is 36.8 Å². The molecule has 2 heterocycles. The van der Waals surface area contributed by atoms with Gasteiger partial charge in [0.1, 0.15) is 5.82 Å². The van der Waals surface area contributed by atoms with Crippen LogP contribution in [0.25, 0.3) is 11.4 Å². The van der Waals surface area contributed by atoms with E-state index in [2.05, 4.69) is 85.5 Å². The van der Waals surface area contributed by atoms with Gasteiger partial charge in [-0.15, -0.1) is 0 Å². The molecule has 2 fully saturated rings. The van der Waals surface area contributed by atoms with Crippen molar-refractivity contribution < 1.29 is 4.79 Å². The molecule has 1 unspecified atom stereocenters. The monoisotopic (exact) mass is 475 g/mol. The van der Waals surface area contributed by atoms with E-state index in [1.807, 2.05) is 6.20 Å². The average molecular weight is 476 g/mol. The second-order valence-electron chi connectivity index (χ2n) is 9.30. The highest BCUT2D eigenvalue weighted by Gasteiger charge is 2.46. The van der Waals surface area contributed by atoms with Crippen molar-refractivity contribution in [1.29, 1.82) is 0 Å². The van der Waals surface area contributed by atoms with Crippen LogP contribution in [-0.2, 0) is 10.3 Å². The Hall–Kier alpha value is -2.40. The topological polar surface area (TPSA) is 46.9 Å². The van der Waals surface area contributed by atoms with Gasteiger partial charge in [-0.3, -0.25) is 4.79 Å². The van der Waals surface area contributed by atoms with Gasteiger partial charge in [-0.25, -0.2) is 4.98 Å². The molecule has 2 aliphatic carbocycles. The molecule has 4 nitrogen and oxygen atoms in total. The number of carbonyl (C=O) groups excluding carboxylic acids is 1. The molecule has 2 aromatic carbocycles. The fraction of sp³-hybridized carbons (Fsp3) is 0.385. The molecule has 1 atom stereocenters. The van der Waals surface area contributed by atoms with Crippen molar-refractivity contribution in [1.82, 2.24) is 14.9 Å². The van der Waals surface area contributed by atoms with Gasteiger partial charge in [-0.05, 0) is 67.2 Å². The number of aromatic nitrogens is 2. The second-order valence-corrected chi connectivity index (χ2v) is 10.2. The number of nitrogens with zero attached hydrogens (tertiary/aromatic N) is 2. The van der Waals surface area contributed by atoms with Crippen LogP contribution in [0.2, 0.25) is 0 Å². The number of rotatable bonds is 7. The SMILES string of the molecule is O=C(CCC1(c2ccc(Br)cc2)c2ccccc2-c2nccn21)NC(C1CC1)C1CC1. The van der Waals surface area contributed by atoms with Crippen molar-refractivity contribution in [2.45, 2.75) is 50.1 Å². The van der Waals surface area contributed by atoms with Gasteiger partial charge < -0.3 is 9.88 Å². The van der Waals surface area contributed by atoms with Crippen LogP contribution in [0, 0.1) is 11.8 Å². The van der Waals surface area contributed by atoms with Crippen molar-refractivity contribution >= 4 is 21.8 Å². The van der Waals surface area contributed by atoms with Gasteiger partial charge in [-0.2, -0.15) is 0 Å². The average Bonchev–Trinajstić information content (AvgIpc) is 3.72. The van der Waals surface area contributed by atoms with Crippen molar-refractivity contribution in [2.75, 3.05) is 0 Å². The Labute approximate surface area is 191 Å². The maximum Gasteiger partial charge on any atom is 0.220 e. The molecule has 1 aliphatic heterocycles. The largest absolute Gasteiger partial charge is 0.353 e. The lowest BCUT2D eigenvalue weighted by Gasteiger charge is -2.34. The Bertz CT molecular complexity index is 1120. The van der Waals surface area contributed by atoms with Crippen LogP contribution in [0.1, 0.15) is 49.7 Å². The summed E-state index contributed by atoms with van der Waals surface area (Å²) in [6.07, 6.45) is 10.2. The van der Waals surface area contributed by atoms with E-state index in [9.17, 15) is 4.79 Å². The van der Waals surface area contributed by atoms with Crippen molar-refractivity contribution in [3.63, 3.8) is 0 Å². The first-order valence-corrected chi connectivity index (χ1v) is 12.2. The number of halogens is 1. The molecule has 31 heavy (non-hydrogen) atoms. The lowest BCUT2D eigenvalue weighted by molar-refractivity contribution is -0.122. The van der Waals surface area contributed by atoms with Crippen LogP contribution in [0.3, 0.4) is 0 Å². The van der Waals surface area contributed by atoms with Crippen molar-refractivity contribution in [2.24, 2.45) is 11.8 Å². The molecule has 158 valence electrons. The maximum atomic E-state index is 13.1. The quantitative estimate of drug-likeness (QED) is 0.490. The molecule has 0 spiro atoms. The maximum absolute atomic E-state index is 13.1. The number of imidazole rings is 1. The van der Waals surface area contributed by atoms with E-state index in [1.54, 1.807) is 0 Å². The predicted molar refractivity (Wildman–Crippen MR) is 125 cm³/mol. The number of hydrogen-bond acceptors (Lipinski definition) is 2. The molecule has 3 aromatic rings. The molecule has 5 heteroatoms. The van der Waals surface area contributed by atoms with E-state index < -0.39 is 5.54 Å². The summed E-state index contributed by atoms with van der Waals surface area (Å²) in [6, 6.07) is 17.4. The fourth-order valence-corrected chi connectivity index (χ4v) is 5.75. The minimum Gasteiger partial charge on any atom is -0.353 e. The third kappa shape index (κ3) is 3.25. The minimum absolute atomic E-state index is 0.186. The first kappa shape index (κ1) is 19.3. The number of hydrogen-bond donors (Lipinski definition) is 1. The van der Waals surface area contributed by atoms with E-state index in [-0.39, 0.29) is 5.91 Å². The van der Waals surface area contributed by atoms with E-state index >= 15 is 0 Å². The van der Waals surface area contributed by atoms with Crippen LogP contribution in [-0.4, -0.2) is 21.5 Å². The highest BCUT2D eigenvalue weighted by atomic mass is 79.9. The zero-order valence-corrected chi connectivity index (χ0v) is 19.0. The van der Waals surface area contributed by atoms with Gasteiger partial charge >= 0.3 is 0 Å². The molecule has 0 bridgehead atoms. The van der Waals surface area contributed by atoms with E-state index in [4.69, 9.17) is 0 Å². The summed E-state index contributed by atoms with van der Waals surface area (Å²) in [6.45, 7) is 0. The fourth-order valence-electron chi connectivity index (χ4n) is 5.48. The van der Waals surface area contributed by atoms with Gasteiger partial charge in [-0.1, -0.05) is 52.3 Å². The summed E-state index contributed by atoms with van der Waals surface area (Å²) in [5, 5.41) is 3.41. The van der Waals surface area contributed by atoms with E-state index in [0.717, 1.165) is 15.9 Å². The Morgan fingerprint density at radius 2 is 1.81 bits per heavy atom. The van der Waals surface area contributed by atoms with Gasteiger partial charge in [0.25, 0.3) is 0 Å². The molecule has 1 amide bonds. The summed E-state index contributed by atoms with van der Waals surface area (Å²) >= 11 is 3.57. The number of carbonyl (C=O) groups is 1. The summed E-state index contributed by atoms with van der Waals surface area (Å²) in [4.78, 5) is 17.8. The highest BCUT2D eigenvalue weighted by molar-refractivity contribution is 9.10. The van der Waals surface area contributed by atoms with Crippen molar-refractivity contribution in [3.05, 3.63) is 76.5 Å². The summed E-state index contributed by atoms with van der Waals surface area (Å²) in [5.74, 6) is 2.59. The Kier molecular flexibility index (Phi) is 4.57. The predicted octanol–water partition coefficient (Wildman–Crippen LogP) is 5.50. The molecule has 0 radical (unpaired) electrons. The van der Waals surface area contributed by atoms with Crippen LogP contribution in [0.5, 0.6) is 0 Å². The first-order chi connectivity index (χ1) is 15.2. The van der Waals surface area contributed by atoms with Crippen LogP contribution >= 0.6 is 15.9 Å². The molecular formula is C26H26BrN3O. The number of fused-ring (bicyclic) bond motifs is 3. The van der Waals surface area contributed by atoms with Crippen molar-refractivity contribution in [3.8, 4) is 11.4 Å². The third-order valence-corrected chi connectivity index (χ3v) is 7.82. The van der Waals surface area contributed by atoms with Gasteiger partial charge in [0.15, 0.2) is 0 Å². The van der Waals surface area contributed by atoms with Gasteiger partial charge in [0, 0.05) is 34.9 Å². The Morgan fingerprint density at radius 1 is 1.10 bits per heavy atom. The van der Waals surface area contributed by atoms with Gasteiger partial charge in [0.2, 0.25) is 5.91 Å². The standard InChI is InChI=1S/C26H26BrN3O/c27-20-11-9-19(10-12-20)26(14-13-23(31)29-24(17-5-6-17)18-7-8-18)22-4-2-1-3-21(22)25-28-15-16-30(25)26/h1-4,9-12,15-18,24H,5-8,13-14H2,(H,29,31). The number of benzene rings is 2. The minimum atomic E-state index is -0.422. The molecule has 1 aromatic heterocycles. The first-order valence-electron chi connectivity index (χ1n) is 11.4. The molecule has 0 saturated heterocycles. The normalized spacial score (nSPS) is 21.7. The summed E-state index contributed by atoms with van der Waals surface area (Å²) < 4.78 is 3.32. The van der Waals surface area contributed by atoms with Crippen LogP contribution in [0.15, 0.2) is 65.4 Å². The molecule has 2 saturated carbocycles. The molecule has 3 aliphatic rings. The smallest absolute Gasteiger partial charge is 0.220 e. The molecule has 1 N–H and O–H groups in total. The van der Waals surface area contributed by atoms with Crippen LogP contribution in [0.4, 0.5) is 0 Å². The van der Waals surface area contributed by atoms with Gasteiger partial charge in [0.05, 0.1) is 5.54 Å². The number of nitrogens with one attached hydrogen (secondary N) is 1. The zero-order chi connectivity index (χ0) is 21.0. The van der Waals surface area contributed by atoms with E-state index in [0.29, 0.717) is 30.7 Å². The summed E-state index contributed by atoms with van der Waals surface area (Å²) in [5.41, 5.74) is 3.15. The Balaban J connectivity index is 1.36. The number of amides is 1. The lowest BCUT2D eigenvalue weighted by Crippen LogP contribution is -2.40. The summed E-state index contributed by atoms with van der Waals surface area (Å²) in [7, 11) is 0. The lowest BCUT2D eigenvalue weighted by atomic mass is 9.79. The molecule has 6 rings (SSSR count). The third-order valence-electron chi connectivity index (χ3n) is 7.29. The zero-order valence-electron chi connectivity index (χ0n) is 17.4.